The zero-order valence-electron chi connectivity index (χ0n) is 17.3. The summed E-state index contributed by atoms with van der Waals surface area (Å²) in [4.78, 5) is 41.3. The van der Waals surface area contributed by atoms with Crippen LogP contribution in [0.1, 0.15) is 17.7 Å². The maximum atomic E-state index is 12.8. The summed E-state index contributed by atoms with van der Waals surface area (Å²) in [5.74, 6) is -0.304. The molecule has 0 spiro atoms. The number of piperidine rings is 1. The van der Waals surface area contributed by atoms with Crippen LogP contribution in [0.15, 0.2) is 59.4 Å². The largest absolute Gasteiger partial charge is 0.341 e. The van der Waals surface area contributed by atoms with Crippen molar-refractivity contribution in [2.24, 2.45) is 5.92 Å². The number of amides is 2. The predicted octanol–water partition coefficient (Wildman–Crippen LogP) is 3.16. The van der Waals surface area contributed by atoms with Crippen LogP contribution in [0.5, 0.6) is 0 Å². The number of carbonyl (C=O) groups is 2. The average Bonchev–Trinajstić information content (AvgIpc) is 3.22. The fourth-order valence-electron chi connectivity index (χ4n) is 3.65. The molecule has 1 aromatic carbocycles. The Hall–Kier alpha value is -3.26. The highest BCUT2D eigenvalue weighted by atomic mass is 32.1. The second kappa shape index (κ2) is 9.26. The van der Waals surface area contributed by atoms with E-state index in [4.69, 9.17) is 0 Å². The van der Waals surface area contributed by atoms with Crippen molar-refractivity contribution in [2.45, 2.75) is 26.3 Å². The molecule has 0 aliphatic carbocycles. The third kappa shape index (κ3) is 5.08. The molecular weight excluding hydrogens is 412 g/mol. The standard InChI is InChI=1S/C23H24N4O3S/c1-16-7-9-20(31-16)19-8-10-21(28)27(25-19)15-22(29)26-13-11-17(12-14-26)23(30)24-18-5-3-2-4-6-18/h2-10,17H,11-15H2,1H3,(H,24,30). The number of benzene rings is 1. The number of anilines is 1. The van der Waals surface area contributed by atoms with E-state index in [1.165, 1.54) is 10.7 Å². The highest BCUT2D eigenvalue weighted by Crippen LogP contribution is 2.25. The van der Waals surface area contributed by atoms with Crippen LogP contribution in [0, 0.1) is 12.8 Å². The Balaban J connectivity index is 1.35. The first-order valence-electron chi connectivity index (χ1n) is 10.3. The molecule has 0 bridgehead atoms. The van der Waals surface area contributed by atoms with Crippen molar-refractivity contribution in [1.29, 1.82) is 0 Å². The van der Waals surface area contributed by atoms with E-state index in [-0.39, 0.29) is 29.8 Å². The summed E-state index contributed by atoms with van der Waals surface area (Å²) in [6, 6.07) is 16.5. The zero-order chi connectivity index (χ0) is 21.8. The summed E-state index contributed by atoms with van der Waals surface area (Å²) < 4.78 is 1.22. The molecule has 4 rings (SSSR count). The summed E-state index contributed by atoms with van der Waals surface area (Å²) in [5, 5.41) is 7.31. The van der Waals surface area contributed by atoms with E-state index < -0.39 is 0 Å². The lowest BCUT2D eigenvalue weighted by atomic mass is 9.95. The zero-order valence-corrected chi connectivity index (χ0v) is 18.1. The van der Waals surface area contributed by atoms with Crippen LogP contribution in [0.25, 0.3) is 10.6 Å². The third-order valence-electron chi connectivity index (χ3n) is 5.40. The van der Waals surface area contributed by atoms with E-state index in [2.05, 4.69) is 10.4 Å². The number of hydrogen-bond donors (Lipinski definition) is 1. The number of hydrogen-bond acceptors (Lipinski definition) is 5. The molecule has 1 saturated heterocycles. The monoisotopic (exact) mass is 436 g/mol. The predicted molar refractivity (Wildman–Crippen MR) is 121 cm³/mol. The van der Waals surface area contributed by atoms with Gasteiger partial charge in [0.25, 0.3) is 5.56 Å². The first-order valence-corrected chi connectivity index (χ1v) is 11.1. The molecule has 31 heavy (non-hydrogen) atoms. The highest BCUT2D eigenvalue weighted by Gasteiger charge is 2.27. The van der Waals surface area contributed by atoms with Crippen LogP contribution in [0.3, 0.4) is 0 Å². The van der Waals surface area contributed by atoms with E-state index >= 15 is 0 Å². The summed E-state index contributed by atoms with van der Waals surface area (Å²) >= 11 is 1.59. The van der Waals surface area contributed by atoms with Gasteiger partial charge >= 0.3 is 0 Å². The Labute approximate surface area is 184 Å². The number of nitrogens with one attached hydrogen (secondary N) is 1. The Kier molecular flexibility index (Phi) is 6.27. The average molecular weight is 437 g/mol. The van der Waals surface area contributed by atoms with Gasteiger partial charge in [-0.15, -0.1) is 11.3 Å². The van der Waals surface area contributed by atoms with E-state index in [1.54, 1.807) is 22.3 Å². The molecule has 1 fully saturated rings. The lowest BCUT2D eigenvalue weighted by Crippen LogP contribution is -2.44. The first-order chi connectivity index (χ1) is 15.0. The number of likely N-dealkylation sites (tertiary alicyclic amines) is 1. The molecule has 160 valence electrons. The second-order valence-corrected chi connectivity index (χ2v) is 8.92. The van der Waals surface area contributed by atoms with E-state index in [0.717, 1.165) is 15.4 Å². The summed E-state index contributed by atoms with van der Waals surface area (Å²) in [5.41, 5.74) is 1.15. The fourth-order valence-corrected chi connectivity index (χ4v) is 4.48. The van der Waals surface area contributed by atoms with Crippen molar-refractivity contribution >= 4 is 28.8 Å². The van der Waals surface area contributed by atoms with Crippen LogP contribution < -0.4 is 10.9 Å². The maximum absolute atomic E-state index is 12.8. The molecule has 1 aliphatic rings. The lowest BCUT2D eigenvalue weighted by molar-refractivity contribution is -0.135. The van der Waals surface area contributed by atoms with Gasteiger partial charge in [-0.3, -0.25) is 14.4 Å². The number of para-hydroxylation sites is 1. The van der Waals surface area contributed by atoms with Gasteiger partial charge in [-0.25, -0.2) is 4.68 Å². The van der Waals surface area contributed by atoms with Gasteiger partial charge in [0.1, 0.15) is 12.2 Å². The third-order valence-corrected chi connectivity index (χ3v) is 6.43. The Morgan fingerprint density at radius 1 is 1.06 bits per heavy atom. The molecule has 1 N–H and O–H groups in total. The molecule has 2 aromatic heterocycles. The van der Waals surface area contributed by atoms with Crippen molar-refractivity contribution in [3.05, 3.63) is 69.8 Å². The van der Waals surface area contributed by atoms with Gasteiger partial charge in [0.15, 0.2) is 0 Å². The Bertz CT molecular complexity index is 1130. The number of thiophene rings is 1. The smallest absolute Gasteiger partial charge is 0.267 e. The number of rotatable bonds is 5. The van der Waals surface area contributed by atoms with Gasteiger partial charge in [-0.05, 0) is 50.1 Å². The van der Waals surface area contributed by atoms with Gasteiger partial charge in [-0.1, -0.05) is 18.2 Å². The van der Waals surface area contributed by atoms with E-state index in [1.807, 2.05) is 49.4 Å². The van der Waals surface area contributed by atoms with Crippen molar-refractivity contribution in [3.8, 4) is 10.6 Å². The molecule has 1 aliphatic heterocycles. The van der Waals surface area contributed by atoms with Crippen LogP contribution in [0.2, 0.25) is 0 Å². The number of aryl methyl sites for hydroxylation is 1. The molecule has 0 atom stereocenters. The van der Waals surface area contributed by atoms with Crippen LogP contribution >= 0.6 is 11.3 Å². The molecule has 3 heterocycles. The molecule has 3 aromatic rings. The molecule has 8 heteroatoms. The van der Waals surface area contributed by atoms with Crippen molar-refractivity contribution in [1.82, 2.24) is 14.7 Å². The SMILES string of the molecule is Cc1ccc(-c2ccc(=O)n(CC(=O)N3CCC(C(=O)Nc4ccccc4)CC3)n2)s1. The minimum absolute atomic E-state index is 0.0184. The summed E-state index contributed by atoms with van der Waals surface area (Å²) in [6.07, 6.45) is 1.20. The van der Waals surface area contributed by atoms with Crippen LogP contribution in [-0.4, -0.2) is 39.6 Å². The minimum Gasteiger partial charge on any atom is -0.341 e. The van der Waals surface area contributed by atoms with Crippen molar-refractivity contribution in [2.75, 3.05) is 18.4 Å². The van der Waals surface area contributed by atoms with Gasteiger partial charge < -0.3 is 10.2 Å². The maximum Gasteiger partial charge on any atom is 0.267 e. The quantitative estimate of drug-likeness (QED) is 0.666. The van der Waals surface area contributed by atoms with E-state index in [0.29, 0.717) is 31.6 Å². The first kappa shape index (κ1) is 21.0. The normalized spacial score (nSPS) is 14.4. The number of carbonyl (C=O) groups excluding carboxylic acids is 2. The topological polar surface area (TPSA) is 84.3 Å². The van der Waals surface area contributed by atoms with Crippen LogP contribution in [0.4, 0.5) is 5.69 Å². The molecule has 0 radical (unpaired) electrons. The van der Waals surface area contributed by atoms with Crippen molar-refractivity contribution < 1.29 is 9.59 Å². The van der Waals surface area contributed by atoms with E-state index in [9.17, 15) is 14.4 Å². The van der Waals surface area contributed by atoms with Crippen molar-refractivity contribution in [3.63, 3.8) is 0 Å². The van der Waals surface area contributed by atoms with Gasteiger partial charge in [-0.2, -0.15) is 5.10 Å². The molecule has 7 nitrogen and oxygen atoms in total. The number of nitrogens with zero attached hydrogens (tertiary/aromatic N) is 3. The number of aromatic nitrogens is 2. The van der Waals surface area contributed by atoms with Gasteiger partial charge in [0.05, 0.1) is 4.88 Å². The van der Waals surface area contributed by atoms with Crippen LogP contribution in [-0.2, 0) is 16.1 Å². The summed E-state index contributed by atoms with van der Waals surface area (Å²) in [7, 11) is 0. The fraction of sp³-hybridized carbons (Fsp3) is 0.304. The lowest BCUT2D eigenvalue weighted by Gasteiger charge is -2.31. The minimum atomic E-state index is -0.303. The molecule has 0 unspecified atom stereocenters. The molecule has 2 amide bonds. The Morgan fingerprint density at radius 2 is 1.81 bits per heavy atom. The highest BCUT2D eigenvalue weighted by molar-refractivity contribution is 7.15. The summed E-state index contributed by atoms with van der Waals surface area (Å²) in [6.45, 7) is 2.89. The second-order valence-electron chi connectivity index (χ2n) is 7.64. The van der Waals surface area contributed by atoms with Gasteiger partial charge in [0, 0.05) is 35.6 Å². The molecule has 0 saturated carbocycles. The Morgan fingerprint density at radius 3 is 2.48 bits per heavy atom. The molecular formula is C23H24N4O3S. The van der Waals surface area contributed by atoms with Gasteiger partial charge in [0.2, 0.25) is 11.8 Å².